The summed E-state index contributed by atoms with van der Waals surface area (Å²) in [5.74, 6) is -0.0749. The van der Waals surface area contributed by atoms with E-state index in [2.05, 4.69) is 20.8 Å². The summed E-state index contributed by atoms with van der Waals surface area (Å²) in [5.41, 5.74) is 1.99. The highest BCUT2D eigenvalue weighted by molar-refractivity contribution is 5.77. The molecule has 0 aromatic carbocycles. The number of piperidine rings is 1. The molecule has 1 saturated heterocycles. The Kier molecular flexibility index (Phi) is 4.72. The maximum absolute atomic E-state index is 11.6. The molecule has 1 amide bonds. The average molecular weight is 252 g/mol. The number of hydrogen-bond acceptors (Lipinski definition) is 4. The molecule has 18 heavy (non-hydrogen) atoms. The van der Waals surface area contributed by atoms with Crippen LogP contribution in [0.4, 0.5) is 0 Å². The maximum atomic E-state index is 11.6. The Morgan fingerprint density at radius 2 is 2.33 bits per heavy atom. The highest BCUT2D eigenvalue weighted by atomic mass is 16.5. The van der Waals surface area contributed by atoms with Crippen LogP contribution in [0.3, 0.4) is 0 Å². The molecular weight excluding hydrogens is 232 g/mol. The van der Waals surface area contributed by atoms with Gasteiger partial charge in [-0.2, -0.15) is 5.10 Å². The first-order valence-corrected chi connectivity index (χ1v) is 6.33. The van der Waals surface area contributed by atoms with Crippen molar-refractivity contribution in [2.45, 2.75) is 32.4 Å². The van der Waals surface area contributed by atoms with Gasteiger partial charge in [0.1, 0.15) is 6.61 Å². The topological polar surface area (TPSA) is 79.0 Å². The van der Waals surface area contributed by atoms with Crippen molar-refractivity contribution < 1.29 is 9.53 Å². The molecule has 0 spiro atoms. The first-order chi connectivity index (χ1) is 8.75. The van der Waals surface area contributed by atoms with E-state index in [4.69, 9.17) is 4.74 Å². The Morgan fingerprint density at radius 1 is 1.56 bits per heavy atom. The lowest BCUT2D eigenvalue weighted by Gasteiger charge is -2.22. The van der Waals surface area contributed by atoms with Crippen molar-refractivity contribution in [3.8, 4) is 0 Å². The molecule has 0 atom stereocenters. The Morgan fingerprint density at radius 3 is 3.00 bits per heavy atom. The van der Waals surface area contributed by atoms with E-state index in [1.807, 2.05) is 6.92 Å². The number of aromatic amines is 1. The van der Waals surface area contributed by atoms with Crippen molar-refractivity contribution in [2.75, 3.05) is 19.7 Å². The maximum Gasteiger partial charge on any atom is 0.246 e. The van der Waals surface area contributed by atoms with Gasteiger partial charge in [-0.05, 0) is 32.9 Å². The van der Waals surface area contributed by atoms with E-state index in [0.717, 1.165) is 37.2 Å². The first kappa shape index (κ1) is 13.0. The zero-order valence-electron chi connectivity index (χ0n) is 10.7. The van der Waals surface area contributed by atoms with Gasteiger partial charge in [-0.1, -0.05) is 0 Å². The third kappa shape index (κ3) is 3.82. The highest BCUT2D eigenvalue weighted by Crippen LogP contribution is 2.06. The second-order valence-electron chi connectivity index (χ2n) is 4.56. The molecule has 1 aromatic heterocycles. The van der Waals surface area contributed by atoms with E-state index in [0.29, 0.717) is 6.54 Å². The standard InChI is InChI=1S/C12H20N4O2/c1-9-10(7-15-16-9)6-14-12(17)8-18-11-2-4-13-5-3-11/h7,11,13H,2-6,8H2,1H3,(H,14,17)(H,15,16). The number of aromatic nitrogens is 2. The minimum absolute atomic E-state index is 0.0749. The normalized spacial score (nSPS) is 16.7. The fourth-order valence-electron chi connectivity index (χ4n) is 1.95. The summed E-state index contributed by atoms with van der Waals surface area (Å²) in [5, 5.41) is 12.8. The Bertz CT molecular complexity index is 385. The summed E-state index contributed by atoms with van der Waals surface area (Å²) in [6.07, 6.45) is 3.90. The molecule has 100 valence electrons. The number of hydrogen-bond donors (Lipinski definition) is 3. The summed E-state index contributed by atoms with van der Waals surface area (Å²) < 4.78 is 5.57. The van der Waals surface area contributed by atoms with Crippen LogP contribution in [0.25, 0.3) is 0 Å². The number of H-pyrrole nitrogens is 1. The molecule has 0 saturated carbocycles. The molecular formula is C12H20N4O2. The summed E-state index contributed by atoms with van der Waals surface area (Å²) in [4.78, 5) is 11.6. The quantitative estimate of drug-likeness (QED) is 0.694. The fraction of sp³-hybridized carbons (Fsp3) is 0.667. The lowest BCUT2D eigenvalue weighted by molar-refractivity contribution is -0.128. The molecule has 0 radical (unpaired) electrons. The number of carbonyl (C=O) groups excluding carboxylic acids is 1. The second kappa shape index (κ2) is 6.51. The van der Waals surface area contributed by atoms with Gasteiger partial charge in [-0.3, -0.25) is 9.89 Å². The van der Waals surface area contributed by atoms with Gasteiger partial charge < -0.3 is 15.4 Å². The van der Waals surface area contributed by atoms with Gasteiger partial charge in [0.25, 0.3) is 0 Å². The molecule has 6 heteroatoms. The van der Waals surface area contributed by atoms with Crippen LogP contribution in [0.15, 0.2) is 6.20 Å². The number of ether oxygens (including phenoxy) is 1. The van der Waals surface area contributed by atoms with Crippen LogP contribution < -0.4 is 10.6 Å². The molecule has 0 bridgehead atoms. The van der Waals surface area contributed by atoms with Crippen molar-refractivity contribution in [1.29, 1.82) is 0 Å². The minimum atomic E-state index is -0.0749. The summed E-state index contributed by atoms with van der Waals surface area (Å²) in [6, 6.07) is 0. The second-order valence-corrected chi connectivity index (χ2v) is 4.56. The van der Waals surface area contributed by atoms with Crippen LogP contribution in [-0.4, -0.2) is 41.9 Å². The smallest absolute Gasteiger partial charge is 0.246 e. The number of carbonyl (C=O) groups is 1. The Labute approximate surface area is 106 Å². The Hall–Kier alpha value is -1.40. The van der Waals surface area contributed by atoms with Crippen LogP contribution in [0.1, 0.15) is 24.1 Å². The zero-order chi connectivity index (χ0) is 12.8. The third-order valence-electron chi connectivity index (χ3n) is 3.15. The van der Waals surface area contributed by atoms with E-state index in [1.165, 1.54) is 0 Å². The number of aryl methyl sites for hydroxylation is 1. The van der Waals surface area contributed by atoms with Crippen LogP contribution in [0.2, 0.25) is 0 Å². The molecule has 6 nitrogen and oxygen atoms in total. The van der Waals surface area contributed by atoms with Gasteiger partial charge in [0.05, 0.1) is 12.3 Å². The molecule has 1 fully saturated rings. The average Bonchev–Trinajstić information content (AvgIpc) is 2.81. The number of nitrogens with zero attached hydrogens (tertiary/aromatic N) is 1. The zero-order valence-corrected chi connectivity index (χ0v) is 10.7. The molecule has 1 aliphatic rings. The summed E-state index contributed by atoms with van der Waals surface area (Å²) in [6.45, 7) is 4.51. The molecule has 1 aromatic rings. The molecule has 1 aliphatic heterocycles. The van der Waals surface area contributed by atoms with Gasteiger partial charge in [-0.15, -0.1) is 0 Å². The number of rotatable bonds is 5. The third-order valence-corrected chi connectivity index (χ3v) is 3.15. The SMILES string of the molecule is Cc1[nH]ncc1CNC(=O)COC1CCNCC1. The van der Waals surface area contributed by atoms with Gasteiger partial charge in [0.2, 0.25) is 5.91 Å². The van der Waals surface area contributed by atoms with Gasteiger partial charge >= 0.3 is 0 Å². The van der Waals surface area contributed by atoms with E-state index in [9.17, 15) is 4.79 Å². The summed E-state index contributed by atoms with van der Waals surface area (Å²) >= 11 is 0. The number of amides is 1. The molecule has 2 rings (SSSR count). The van der Waals surface area contributed by atoms with Crippen molar-refractivity contribution in [1.82, 2.24) is 20.8 Å². The molecule has 2 heterocycles. The predicted molar refractivity (Wildman–Crippen MR) is 67.0 cm³/mol. The van der Waals surface area contributed by atoms with Crippen LogP contribution >= 0.6 is 0 Å². The van der Waals surface area contributed by atoms with E-state index < -0.39 is 0 Å². The molecule has 3 N–H and O–H groups in total. The monoisotopic (exact) mass is 252 g/mol. The van der Waals surface area contributed by atoms with Crippen molar-refractivity contribution in [3.63, 3.8) is 0 Å². The van der Waals surface area contributed by atoms with Gasteiger partial charge in [-0.25, -0.2) is 0 Å². The highest BCUT2D eigenvalue weighted by Gasteiger charge is 2.14. The van der Waals surface area contributed by atoms with Crippen LogP contribution in [-0.2, 0) is 16.1 Å². The molecule has 0 aliphatic carbocycles. The predicted octanol–water partition coefficient (Wildman–Crippen LogP) is 0.103. The van der Waals surface area contributed by atoms with Crippen molar-refractivity contribution in [2.24, 2.45) is 0 Å². The fourth-order valence-corrected chi connectivity index (χ4v) is 1.95. The largest absolute Gasteiger partial charge is 0.368 e. The Balaban J connectivity index is 1.64. The van der Waals surface area contributed by atoms with Crippen molar-refractivity contribution >= 4 is 5.91 Å². The van der Waals surface area contributed by atoms with E-state index >= 15 is 0 Å². The van der Waals surface area contributed by atoms with E-state index in [-0.39, 0.29) is 18.6 Å². The summed E-state index contributed by atoms with van der Waals surface area (Å²) in [7, 11) is 0. The van der Waals surface area contributed by atoms with E-state index in [1.54, 1.807) is 6.20 Å². The lowest BCUT2D eigenvalue weighted by Crippen LogP contribution is -2.35. The van der Waals surface area contributed by atoms with Gasteiger partial charge in [0.15, 0.2) is 0 Å². The van der Waals surface area contributed by atoms with Crippen LogP contribution in [0, 0.1) is 6.92 Å². The van der Waals surface area contributed by atoms with Crippen LogP contribution in [0.5, 0.6) is 0 Å². The number of nitrogens with one attached hydrogen (secondary N) is 3. The van der Waals surface area contributed by atoms with Gasteiger partial charge in [0, 0.05) is 17.8 Å². The first-order valence-electron chi connectivity index (χ1n) is 6.33. The lowest BCUT2D eigenvalue weighted by atomic mass is 10.1. The van der Waals surface area contributed by atoms with Crippen molar-refractivity contribution in [3.05, 3.63) is 17.5 Å². The minimum Gasteiger partial charge on any atom is -0.368 e. The molecule has 0 unspecified atom stereocenters.